The largest absolute Gasteiger partial charge is 0.370 e. The lowest BCUT2D eigenvalue weighted by Crippen LogP contribution is -2.38. The number of hydrogen-bond donors (Lipinski definition) is 2. The second-order valence-corrected chi connectivity index (χ2v) is 4.95. The van der Waals surface area contributed by atoms with Crippen molar-refractivity contribution in [1.82, 2.24) is 9.88 Å². The maximum Gasteiger partial charge on any atom is 0.255 e. The number of aryl methyl sites for hydroxylation is 1. The van der Waals surface area contributed by atoms with Crippen LogP contribution in [0.2, 0.25) is 0 Å². The van der Waals surface area contributed by atoms with Gasteiger partial charge in [-0.15, -0.1) is 24.0 Å². The Balaban J connectivity index is 0.00000200. The number of halogens is 1. The molecule has 0 bridgehead atoms. The van der Waals surface area contributed by atoms with E-state index in [1.54, 1.807) is 16.8 Å². The molecule has 5 nitrogen and oxygen atoms in total. The summed E-state index contributed by atoms with van der Waals surface area (Å²) in [5, 5.41) is 3.22. The van der Waals surface area contributed by atoms with Crippen molar-refractivity contribution in [2.24, 2.45) is 10.7 Å². The van der Waals surface area contributed by atoms with Crippen molar-refractivity contribution in [3.8, 4) is 0 Å². The van der Waals surface area contributed by atoms with E-state index < -0.39 is 0 Å². The SMILES string of the molecule is CCn1cccc(CN=C(N)NC2CCCC2)c1=O.I. The molecule has 0 atom stereocenters. The fourth-order valence-electron chi connectivity index (χ4n) is 2.45. The lowest BCUT2D eigenvalue weighted by molar-refractivity contribution is 0.625. The van der Waals surface area contributed by atoms with Gasteiger partial charge < -0.3 is 15.6 Å². The predicted molar refractivity (Wildman–Crippen MR) is 92.5 cm³/mol. The minimum Gasteiger partial charge on any atom is -0.370 e. The molecule has 20 heavy (non-hydrogen) atoms. The smallest absolute Gasteiger partial charge is 0.255 e. The van der Waals surface area contributed by atoms with Crippen LogP contribution in [0.25, 0.3) is 0 Å². The third kappa shape index (κ3) is 4.50. The molecule has 0 spiro atoms. The molecular weight excluding hydrogens is 367 g/mol. The second kappa shape index (κ2) is 8.28. The molecule has 3 N–H and O–H groups in total. The molecule has 0 aliphatic heterocycles. The normalized spacial score (nSPS) is 15.9. The first-order valence-corrected chi connectivity index (χ1v) is 6.95. The summed E-state index contributed by atoms with van der Waals surface area (Å²) < 4.78 is 1.67. The molecule has 0 aromatic carbocycles. The van der Waals surface area contributed by atoms with Crippen LogP contribution in [0.1, 0.15) is 38.2 Å². The van der Waals surface area contributed by atoms with Gasteiger partial charge in [0.1, 0.15) is 0 Å². The third-order valence-corrected chi connectivity index (χ3v) is 3.57. The molecule has 6 heteroatoms. The molecule has 0 saturated heterocycles. The van der Waals surface area contributed by atoms with E-state index in [1.165, 1.54) is 12.8 Å². The van der Waals surface area contributed by atoms with Crippen LogP contribution in [-0.4, -0.2) is 16.6 Å². The van der Waals surface area contributed by atoms with Crippen molar-refractivity contribution >= 4 is 29.9 Å². The van der Waals surface area contributed by atoms with Crippen LogP contribution in [0.4, 0.5) is 0 Å². The van der Waals surface area contributed by atoms with Gasteiger partial charge in [-0.25, -0.2) is 4.99 Å². The van der Waals surface area contributed by atoms with Gasteiger partial charge in [0.2, 0.25) is 0 Å². The summed E-state index contributed by atoms with van der Waals surface area (Å²) in [6.07, 6.45) is 6.61. The highest BCUT2D eigenvalue weighted by atomic mass is 127. The van der Waals surface area contributed by atoms with Gasteiger partial charge in [-0.05, 0) is 25.8 Å². The number of rotatable bonds is 4. The predicted octanol–water partition coefficient (Wildman–Crippen LogP) is 1.83. The van der Waals surface area contributed by atoms with E-state index in [0.29, 0.717) is 30.7 Å². The molecular formula is C14H23IN4O. The minimum atomic E-state index is 0. The molecule has 0 amide bonds. The van der Waals surface area contributed by atoms with E-state index in [4.69, 9.17) is 5.73 Å². The highest BCUT2D eigenvalue weighted by molar-refractivity contribution is 14.0. The summed E-state index contributed by atoms with van der Waals surface area (Å²) in [7, 11) is 0. The molecule has 0 radical (unpaired) electrons. The van der Waals surface area contributed by atoms with Crippen LogP contribution >= 0.6 is 24.0 Å². The van der Waals surface area contributed by atoms with Crippen LogP contribution in [0.3, 0.4) is 0 Å². The fourth-order valence-corrected chi connectivity index (χ4v) is 2.45. The average Bonchev–Trinajstić information content (AvgIpc) is 2.90. The van der Waals surface area contributed by atoms with Gasteiger partial charge >= 0.3 is 0 Å². The Hall–Kier alpha value is -1.05. The zero-order valence-electron chi connectivity index (χ0n) is 11.8. The molecule has 1 aliphatic rings. The lowest BCUT2D eigenvalue weighted by atomic mass is 10.2. The van der Waals surface area contributed by atoms with E-state index in [1.807, 2.05) is 13.0 Å². The van der Waals surface area contributed by atoms with Gasteiger partial charge in [0, 0.05) is 24.3 Å². The van der Waals surface area contributed by atoms with Crippen molar-refractivity contribution < 1.29 is 0 Å². The molecule has 1 aromatic heterocycles. The zero-order chi connectivity index (χ0) is 13.7. The summed E-state index contributed by atoms with van der Waals surface area (Å²) in [5.41, 5.74) is 6.55. The number of guanidine groups is 1. The summed E-state index contributed by atoms with van der Waals surface area (Å²) in [4.78, 5) is 16.3. The maximum atomic E-state index is 12.0. The molecule has 1 fully saturated rings. The van der Waals surface area contributed by atoms with Crippen LogP contribution < -0.4 is 16.6 Å². The number of aromatic nitrogens is 1. The van der Waals surface area contributed by atoms with Gasteiger partial charge in [0.15, 0.2) is 5.96 Å². The average molecular weight is 390 g/mol. The third-order valence-electron chi connectivity index (χ3n) is 3.57. The van der Waals surface area contributed by atoms with Crippen molar-refractivity contribution in [1.29, 1.82) is 0 Å². The van der Waals surface area contributed by atoms with Gasteiger partial charge in [-0.1, -0.05) is 18.9 Å². The first-order valence-electron chi connectivity index (χ1n) is 6.95. The molecule has 1 saturated carbocycles. The van der Waals surface area contributed by atoms with Gasteiger partial charge in [0.05, 0.1) is 6.54 Å². The van der Waals surface area contributed by atoms with Crippen LogP contribution in [0.5, 0.6) is 0 Å². The molecule has 1 aliphatic carbocycles. The highest BCUT2D eigenvalue weighted by Gasteiger charge is 2.14. The number of pyridine rings is 1. The van der Waals surface area contributed by atoms with E-state index in [9.17, 15) is 4.79 Å². The molecule has 0 unspecified atom stereocenters. The van der Waals surface area contributed by atoms with Crippen molar-refractivity contribution in [2.75, 3.05) is 0 Å². The Kier molecular flexibility index (Phi) is 7.04. The summed E-state index contributed by atoms with van der Waals surface area (Å²) in [6, 6.07) is 4.13. The van der Waals surface area contributed by atoms with Crippen molar-refractivity contribution in [2.45, 2.75) is 51.7 Å². The van der Waals surface area contributed by atoms with Crippen LogP contribution in [0.15, 0.2) is 28.1 Å². The lowest BCUT2D eigenvalue weighted by Gasteiger charge is -2.12. The first-order chi connectivity index (χ1) is 9.20. The Bertz CT molecular complexity index is 506. The van der Waals surface area contributed by atoms with Gasteiger partial charge in [-0.2, -0.15) is 0 Å². The Morgan fingerprint density at radius 2 is 2.20 bits per heavy atom. The van der Waals surface area contributed by atoms with E-state index in [0.717, 1.165) is 12.8 Å². The number of hydrogen-bond acceptors (Lipinski definition) is 2. The summed E-state index contributed by atoms with van der Waals surface area (Å²) in [5.74, 6) is 0.443. The van der Waals surface area contributed by atoms with Crippen LogP contribution in [-0.2, 0) is 13.1 Å². The minimum absolute atomic E-state index is 0. The standard InChI is InChI=1S/C14H22N4O.HI/c1-2-18-9-5-6-11(13(18)19)10-16-14(15)17-12-7-3-4-8-12;/h5-6,9,12H,2-4,7-8,10H2,1H3,(H3,15,16,17);1H. The zero-order valence-corrected chi connectivity index (χ0v) is 14.2. The number of nitrogens with two attached hydrogens (primary N) is 1. The van der Waals surface area contributed by atoms with Gasteiger partial charge in [0.25, 0.3) is 5.56 Å². The van der Waals surface area contributed by atoms with Crippen molar-refractivity contribution in [3.63, 3.8) is 0 Å². The van der Waals surface area contributed by atoms with E-state index in [-0.39, 0.29) is 29.5 Å². The fraction of sp³-hybridized carbons (Fsp3) is 0.571. The van der Waals surface area contributed by atoms with Crippen molar-refractivity contribution in [3.05, 3.63) is 34.2 Å². The topological polar surface area (TPSA) is 72.4 Å². The van der Waals surface area contributed by atoms with E-state index >= 15 is 0 Å². The van der Waals surface area contributed by atoms with Gasteiger partial charge in [-0.3, -0.25) is 4.79 Å². The molecule has 112 valence electrons. The quantitative estimate of drug-likeness (QED) is 0.468. The number of nitrogens with one attached hydrogen (secondary N) is 1. The Morgan fingerprint density at radius 1 is 1.50 bits per heavy atom. The number of aliphatic imine (C=N–C) groups is 1. The number of nitrogens with zero attached hydrogens (tertiary/aromatic N) is 2. The summed E-state index contributed by atoms with van der Waals surface area (Å²) >= 11 is 0. The van der Waals surface area contributed by atoms with Crippen LogP contribution in [0, 0.1) is 0 Å². The Labute approximate surface area is 136 Å². The molecule has 1 aromatic rings. The first kappa shape index (κ1) is 17.0. The highest BCUT2D eigenvalue weighted by Crippen LogP contribution is 2.17. The maximum absolute atomic E-state index is 12.0. The molecule has 1 heterocycles. The second-order valence-electron chi connectivity index (χ2n) is 4.95. The Morgan fingerprint density at radius 3 is 2.85 bits per heavy atom. The molecule has 2 rings (SSSR count). The van der Waals surface area contributed by atoms with E-state index in [2.05, 4.69) is 10.3 Å². The monoisotopic (exact) mass is 390 g/mol. The summed E-state index contributed by atoms with van der Waals surface area (Å²) in [6.45, 7) is 2.96.